The lowest BCUT2D eigenvalue weighted by Crippen LogP contribution is -2.37. The third-order valence-corrected chi connectivity index (χ3v) is 6.67. The summed E-state index contributed by atoms with van der Waals surface area (Å²) in [4.78, 5) is 27.9. The van der Waals surface area contributed by atoms with Crippen molar-refractivity contribution in [2.45, 2.75) is 32.1 Å². The van der Waals surface area contributed by atoms with Gasteiger partial charge in [0.25, 0.3) is 0 Å². The van der Waals surface area contributed by atoms with E-state index in [0.29, 0.717) is 24.5 Å². The molecule has 3 aromatic rings. The second kappa shape index (κ2) is 7.73. The number of nitrogens with zero attached hydrogens (tertiary/aromatic N) is 4. The predicted molar refractivity (Wildman–Crippen MR) is 115 cm³/mol. The number of amides is 1. The predicted octanol–water partition coefficient (Wildman–Crippen LogP) is 4.21. The summed E-state index contributed by atoms with van der Waals surface area (Å²) in [5.41, 5.74) is 3.78. The summed E-state index contributed by atoms with van der Waals surface area (Å²) in [6.07, 6.45) is -2.26. The number of methoxy groups -OCH3 is 1. The fourth-order valence-corrected chi connectivity index (χ4v) is 5.25. The molecule has 1 amide bonds. The molecule has 1 aromatic carbocycles. The van der Waals surface area contributed by atoms with Crippen LogP contribution in [0.4, 0.5) is 24.7 Å². The number of benzene rings is 1. The Kier molecular flexibility index (Phi) is 5.00. The van der Waals surface area contributed by atoms with E-state index in [1.807, 2.05) is 18.3 Å². The maximum absolute atomic E-state index is 12.6. The van der Waals surface area contributed by atoms with Crippen LogP contribution in [0.3, 0.4) is 0 Å². The number of aliphatic imine (C=N–C) groups is 1. The number of fused-ring (bicyclic) bond motifs is 4. The van der Waals surface area contributed by atoms with Crippen LogP contribution >= 0.6 is 11.3 Å². The Bertz CT molecular complexity index is 1250. The van der Waals surface area contributed by atoms with E-state index in [-0.39, 0.29) is 13.1 Å². The zero-order chi connectivity index (χ0) is 22.5. The van der Waals surface area contributed by atoms with Crippen LogP contribution in [-0.2, 0) is 24.3 Å². The molecule has 0 aliphatic carbocycles. The third-order valence-electron chi connectivity index (χ3n) is 5.55. The maximum atomic E-state index is 12.6. The standard InChI is InChI=1S/C21H18F3N5O2S/c1-31-15-5-12-8-25-7-11(12)4-14(15)28-19-18-13-2-3-29(17(30)6-21(22,23)24)9-16(13)32-20(18)27-10-26-19/h4-5,7,10H,2-3,6,8-9H2,1H3,(H,26,27,28). The molecule has 0 saturated heterocycles. The van der Waals surface area contributed by atoms with Crippen LogP contribution in [0.2, 0.25) is 0 Å². The first-order valence-corrected chi connectivity index (χ1v) is 10.7. The number of carbonyl (C=O) groups is 1. The number of alkyl halides is 3. The number of hydrogen-bond donors (Lipinski definition) is 1. The maximum Gasteiger partial charge on any atom is 0.397 e. The zero-order valence-electron chi connectivity index (χ0n) is 17.0. The summed E-state index contributed by atoms with van der Waals surface area (Å²) >= 11 is 1.37. The van der Waals surface area contributed by atoms with Gasteiger partial charge in [-0.2, -0.15) is 13.2 Å². The molecule has 11 heteroatoms. The SMILES string of the molecule is COc1cc2c(cc1Nc1ncnc3sc4c(c13)CCN(C(=O)CC(F)(F)F)C4)C=NC2. The number of aromatic nitrogens is 2. The highest BCUT2D eigenvalue weighted by atomic mass is 32.1. The number of carbonyl (C=O) groups excluding carboxylic acids is 1. The molecule has 32 heavy (non-hydrogen) atoms. The molecule has 4 heterocycles. The minimum atomic E-state index is -4.51. The molecule has 0 spiro atoms. The van der Waals surface area contributed by atoms with Gasteiger partial charge in [0.15, 0.2) is 0 Å². The van der Waals surface area contributed by atoms with Crippen LogP contribution in [-0.4, -0.2) is 46.8 Å². The Labute approximate surface area is 184 Å². The molecule has 0 radical (unpaired) electrons. The smallest absolute Gasteiger partial charge is 0.397 e. The quantitative estimate of drug-likeness (QED) is 0.630. The Morgan fingerprint density at radius 1 is 1.31 bits per heavy atom. The van der Waals surface area contributed by atoms with Gasteiger partial charge in [-0.25, -0.2) is 9.97 Å². The van der Waals surface area contributed by atoms with Gasteiger partial charge in [-0.05, 0) is 35.2 Å². The van der Waals surface area contributed by atoms with Crippen molar-refractivity contribution in [3.63, 3.8) is 0 Å². The van der Waals surface area contributed by atoms with Crippen LogP contribution in [0, 0.1) is 0 Å². The van der Waals surface area contributed by atoms with Crippen molar-refractivity contribution in [1.82, 2.24) is 14.9 Å². The first-order chi connectivity index (χ1) is 15.3. The Morgan fingerprint density at radius 3 is 2.94 bits per heavy atom. The highest BCUT2D eigenvalue weighted by molar-refractivity contribution is 7.19. The van der Waals surface area contributed by atoms with Crippen molar-refractivity contribution in [2.75, 3.05) is 19.0 Å². The molecule has 166 valence electrons. The summed E-state index contributed by atoms with van der Waals surface area (Å²) in [7, 11) is 1.59. The fraction of sp³-hybridized carbons (Fsp3) is 0.333. The van der Waals surface area contributed by atoms with Gasteiger partial charge in [-0.15, -0.1) is 11.3 Å². The van der Waals surface area contributed by atoms with E-state index >= 15 is 0 Å². The van der Waals surface area contributed by atoms with Crippen LogP contribution in [0.25, 0.3) is 10.2 Å². The van der Waals surface area contributed by atoms with Gasteiger partial charge in [0, 0.05) is 17.6 Å². The first kappa shape index (κ1) is 20.7. The van der Waals surface area contributed by atoms with Crippen LogP contribution < -0.4 is 10.1 Å². The number of thiophene rings is 1. The van der Waals surface area contributed by atoms with Crippen molar-refractivity contribution < 1.29 is 22.7 Å². The van der Waals surface area contributed by atoms with E-state index < -0.39 is 18.5 Å². The number of rotatable bonds is 4. The largest absolute Gasteiger partial charge is 0.495 e. The molecule has 0 unspecified atom stereocenters. The van der Waals surface area contributed by atoms with E-state index in [2.05, 4.69) is 20.3 Å². The Morgan fingerprint density at radius 2 is 2.16 bits per heavy atom. The first-order valence-electron chi connectivity index (χ1n) is 9.90. The average molecular weight is 461 g/mol. The van der Waals surface area contributed by atoms with Crippen LogP contribution in [0.5, 0.6) is 5.75 Å². The van der Waals surface area contributed by atoms with Gasteiger partial charge in [0.05, 0.1) is 31.3 Å². The second-order valence-electron chi connectivity index (χ2n) is 7.61. The molecule has 0 saturated carbocycles. The summed E-state index contributed by atoms with van der Waals surface area (Å²) in [6, 6.07) is 3.89. The molecule has 2 aromatic heterocycles. The molecule has 2 aliphatic heterocycles. The molecule has 0 bridgehead atoms. The van der Waals surface area contributed by atoms with Gasteiger partial charge in [-0.3, -0.25) is 9.79 Å². The third kappa shape index (κ3) is 3.77. The lowest BCUT2D eigenvalue weighted by Gasteiger charge is -2.27. The average Bonchev–Trinajstić information content (AvgIpc) is 3.35. The van der Waals surface area contributed by atoms with E-state index in [0.717, 1.165) is 37.5 Å². The summed E-state index contributed by atoms with van der Waals surface area (Å²) in [5, 5.41) is 4.16. The van der Waals surface area contributed by atoms with Gasteiger partial charge >= 0.3 is 6.18 Å². The highest BCUT2D eigenvalue weighted by Gasteiger charge is 2.35. The highest BCUT2D eigenvalue weighted by Crippen LogP contribution is 2.40. The minimum Gasteiger partial charge on any atom is -0.495 e. The molecule has 0 atom stereocenters. The van der Waals surface area contributed by atoms with Gasteiger partial charge in [0.2, 0.25) is 5.91 Å². The van der Waals surface area contributed by atoms with E-state index in [4.69, 9.17) is 4.74 Å². The van der Waals surface area contributed by atoms with E-state index in [1.165, 1.54) is 22.6 Å². The molecule has 7 nitrogen and oxygen atoms in total. The van der Waals surface area contributed by atoms with Gasteiger partial charge in [0.1, 0.15) is 29.1 Å². The topological polar surface area (TPSA) is 79.7 Å². The van der Waals surface area contributed by atoms with Crippen molar-refractivity contribution in [2.24, 2.45) is 4.99 Å². The number of halogens is 3. The van der Waals surface area contributed by atoms with Gasteiger partial charge in [-0.1, -0.05) is 0 Å². The number of hydrogen-bond acceptors (Lipinski definition) is 7. The molecular weight excluding hydrogens is 443 g/mol. The van der Waals surface area contributed by atoms with Crippen molar-refractivity contribution in [1.29, 1.82) is 0 Å². The van der Waals surface area contributed by atoms with E-state index in [1.54, 1.807) is 7.11 Å². The number of anilines is 2. The number of nitrogens with one attached hydrogen (secondary N) is 1. The van der Waals surface area contributed by atoms with E-state index in [9.17, 15) is 18.0 Å². The normalized spacial score (nSPS) is 15.1. The van der Waals surface area contributed by atoms with Crippen molar-refractivity contribution >= 4 is 45.2 Å². The molecule has 5 rings (SSSR count). The molecule has 2 aliphatic rings. The Hall–Kier alpha value is -3.21. The molecule has 1 N–H and O–H groups in total. The molecular formula is C21H18F3N5O2S. The Balaban J connectivity index is 1.48. The second-order valence-corrected chi connectivity index (χ2v) is 8.69. The monoisotopic (exact) mass is 461 g/mol. The van der Waals surface area contributed by atoms with Crippen molar-refractivity contribution in [3.8, 4) is 5.75 Å². The zero-order valence-corrected chi connectivity index (χ0v) is 17.8. The van der Waals surface area contributed by atoms with Crippen LogP contribution in [0.15, 0.2) is 23.5 Å². The van der Waals surface area contributed by atoms with Gasteiger partial charge < -0.3 is 15.0 Å². The van der Waals surface area contributed by atoms with Crippen LogP contribution in [0.1, 0.15) is 28.0 Å². The summed E-state index contributed by atoms with van der Waals surface area (Å²) in [6.45, 7) is 0.982. The fourth-order valence-electron chi connectivity index (χ4n) is 4.05. The summed E-state index contributed by atoms with van der Waals surface area (Å²) < 4.78 is 43.5. The lowest BCUT2D eigenvalue weighted by atomic mass is 10.0. The molecule has 0 fully saturated rings. The minimum absolute atomic E-state index is 0.142. The lowest BCUT2D eigenvalue weighted by molar-refractivity contribution is -0.162. The number of ether oxygens (including phenoxy) is 1. The van der Waals surface area contributed by atoms with Crippen molar-refractivity contribution in [3.05, 3.63) is 40.0 Å². The summed E-state index contributed by atoms with van der Waals surface area (Å²) in [5.74, 6) is 0.347.